The summed E-state index contributed by atoms with van der Waals surface area (Å²) in [4.78, 5) is 30.5. The maximum atomic E-state index is 13.3. The minimum absolute atomic E-state index is 0.0443. The number of guanidine groups is 1. The zero-order chi connectivity index (χ0) is 26.4. The Kier molecular flexibility index (Phi) is 6.16. The van der Waals surface area contributed by atoms with Gasteiger partial charge in [0.2, 0.25) is 17.6 Å². The van der Waals surface area contributed by atoms with Crippen LogP contribution >= 0.6 is 0 Å². The molecule has 0 radical (unpaired) electrons. The van der Waals surface area contributed by atoms with Crippen LogP contribution in [0.15, 0.2) is 47.5 Å². The molecule has 1 fully saturated rings. The number of carbonyl (C=O) groups is 2. The van der Waals surface area contributed by atoms with Crippen molar-refractivity contribution in [2.24, 2.45) is 4.99 Å². The van der Waals surface area contributed by atoms with E-state index in [2.05, 4.69) is 29.8 Å². The van der Waals surface area contributed by atoms with Crippen LogP contribution in [0.2, 0.25) is 0 Å². The number of nitrogens with one attached hydrogen (secondary N) is 3. The highest BCUT2D eigenvalue weighted by Gasteiger charge is 2.40. The first-order chi connectivity index (χ1) is 17.5. The van der Waals surface area contributed by atoms with Gasteiger partial charge in [0.15, 0.2) is 0 Å². The van der Waals surface area contributed by atoms with E-state index in [-0.39, 0.29) is 29.0 Å². The van der Waals surface area contributed by atoms with Gasteiger partial charge < -0.3 is 20.1 Å². The van der Waals surface area contributed by atoms with Gasteiger partial charge in [-0.3, -0.25) is 14.9 Å². The van der Waals surface area contributed by atoms with Crippen molar-refractivity contribution in [3.05, 3.63) is 59.2 Å². The molecule has 8 nitrogen and oxygen atoms in total. The Morgan fingerprint density at radius 2 is 1.81 bits per heavy atom. The summed E-state index contributed by atoms with van der Waals surface area (Å²) in [6.45, 7) is 10.1. The number of nitrogens with zero attached hydrogens (tertiary/aromatic N) is 1. The normalized spacial score (nSPS) is 26.1. The number of rotatable bonds is 5. The third kappa shape index (κ3) is 5.02. The number of aliphatic imine (C=N–C) groups is 1. The lowest BCUT2D eigenvalue weighted by Gasteiger charge is -2.38. The van der Waals surface area contributed by atoms with E-state index in [1.165, 1.54) is 0 Å². The standard InChI is InChI=1S/C29H36N4O4/c1-6-29(7-2)17-24(34)31-26(33-29)32-28(5)15-19-14-18(12-13-22(19)37-28)25(35)30-21-16-27(3,4)36-23-11-9-8-10-20(21)23/h8-14,21H,6-7,15-17H2,1-5H3,(H,30,35)(H2,31,32,33,34). The van der Waals surface area contributed by atoms with E-state index in [4.69, 9.17) is 14.5 Å². The third-order valence-electron chi connectivity index (χ3n) is 7.69. The summed E-state index contributed by atoms with van der Waals surface area (Å²) in [5.74, 6) is 1.75. The van der Waals surface area contributed by atoms with Crippen LogP contribution in [0.25, 0.3) is 0 Å². The van der Waals surface area contributed by atoms with Crippen LogP contribution in [0, 0.1) is 0 Å². The second kappa shape index (κ2) is 9.08. The molecule has 3 aliphatic heterocycles. The fourth-order valence-corrected chi connectivity index (χ4v) is 5.60. The van der Waals surface area contributed by atoms with Crippen molar-refractivity contribution in [2.45, 2.75) is 89.6 Å². The second-order valence-electron chi connectivity index (χ2n) is 11.2. The molecule has 2 amide bonds. The minimum Gasteiger partial charge on any atom is -0.487 e. The zero-order valence-corrected chi connectivity index (χ0v) is 22.2. The van der Waals surface area contributed by atoms with Gasteiger partial charge in [0.25, 0.3) is 5.91 Å². The molecule has 2 atom stereocenters. The number of benzene rings is 2. The Balaban J connectivity index is 1.33. The molecule has 0 bridgehead atoms. The molecule has 0 aliphatic carbocycles. The lowest BCUT2D eigenvalue weighted by atomic mass is 9.87. The largest absolute Gasteiger partial charge is 0.487 e. The van der Waals surface area contributed by atoms with E-state index in [1.807, 2.05) is 57.2 Å². The molecule has 8 heteroatoms. The second-order valence-corrected chi connectivity index (χ2v) is 11.2. The van der Waals surface area contributed by atoms with Crippen LogP contribution in [0.4, 0.5) is 0 Å². The average molecular weight is 505 g/mol. The molecule has 3 heterocycles. The molecule has 2 aromatic carbocycles. The first-order valence-electron chi connectivity index (χ1n) is 13.1. The molecule has 5 rings (SSSR count). The molecule has 3 aliphatic rings. The number of hydrogen-bond acceptors (Lipinski definition) is 5. The molecular formula is C29H36N4O4. The summed E-state index contributed by atoms with van der Waals surface area (Å²) < 4.78 is 12.3. The lowest BCUT2D eigenvalue weighted by molar-refractivity contribution is -0.122. The number of ether oxygens (including phenoxy) is 2. The summed E-state index contributed by atoms with van der Waals surface area (Å²) in [6.07, 6.45) is 3.23. The molecule has 1 saturated heterocycles. The smallest absolute Gasteiger partial charge is 0.251 e. The quantitative estimate of drug-likeness (QED) is 0.561. The summed E-state index contributed by atoms with van der Waals surface area (Å²) in [5.41, 5.74) is 0.898. The molecule has 2 aromatic rings. The molecule has 2 unspecified atom stereocenters. The Bertz CT molecular complexity index is 1270. The number of para-hydroxylation sites is 1. The van der Waals surface area contributed by atoms with Gasteiger partial charge in [0.1, 0.15) is 17.1 Å². The number of fused-ring (bicyclic) bond motifs is 2. The van der Waals surface area contributed by atoms with Crippen molar-refractivity contribution in [2.75, 3.05) is 0 Å². The molecule has 0 saturated carbocycles. The fourth-order valence-electron chi connectivity index (χ4n) is 5.60. The van der Waals surface area contributed by atoms with Gasteiger partial charge in [-0.2, -0.15) is 0 Å². The van der Waals surface area contributed by atoms with Crippen LogP contribution in [0.1, 0.15) is 87.8 Å². The SMILES string of the molecule is CCC1(CC)CC(=O)N/C(=N\C2(C)Cc3cc(C(=O)NC4CC(C)(C)Oc5ccccc54)ccc3O2)N1. The summed E-state index contributed by atoms with van der Waals surface area (Å²) in [6, 6.07) is 13.2. The van der Waals surface area contributed by atoms with E-state index >= 15 is 0 Å². The molecule has 0 spiro atoms. The highest BCUT2D eigenvalue weighted by Crippen LogP contribution is 2.40. The fraction of sp³-hybridized carbons (Fsp3) is 0.483. The first kappa shape index (κ1) is 25.1. The molecular weight excluding hydrogens is 468 g/mol. The van der Waals surface area contributed by atoms with Crippen molar-refractivity contribution in [3.8, 4) is 11.5 Å². The number of hydrogen-bond donors (Lipinski definition) is 3. The van der Waals surface area contributed by atoms with E-state index in [0.717, 1.165) is 29.7 Å². The van der Waals surface area contributed by atoms with Crippen molar-refractivity contribution >= 4 is 17.8 Å². The van der Waals surface area contributed by atoms with Crippen molar-refractivity contribution in [1.29, 1.82) is 0 Å². The molecule has 196 valence electrons. The predicted octanol–water partition coefficient (Wildman–Crippen LogP) is 4.39. The van der Waals surface area contributed by atoms with Gasteiger partial charge >= 0.3 is 0 Å². The van der Waals surface area contributed by atoms with Crippen LogP contribution in [0.5, 0.6) is 11.5 Å². The maximum Gasteiger partial charge on any atom is 0.251 e. The molecule has 3 N–H and O–H groups in total. The van der Waals surface area contributed by atoms with Crippen molar-refractivity contribution < 1.29 is 19.1 Å². The van der Waals surface area contributed by atoms with E-state index in [0.29, 0.717) is 36.5 Å². The van der Waals surface area contributed by atoms with E-state index in [9.17, 15) is 9.59 Å². The average Bonchev–Trinajstić information content (AvgIpc) is 3.17. The summed E-state index contributed by atoms with van der Waals surface area (Å²) in [7, 11) is 0. The van der Waals surface area contributed by atoms with Gasteiger partial charge in [-0.05, 0) is 57.9 Å². The monoisotopic (exact) mass is 504 g/mol. The summed E-state index contributed by atoms with van der Waals surface area (Å²) >= 11 is 0. The van der Waals surface area contributed by atoms with E-state index < -0.39 is 5.72 Å². The third-order valence-corrected chi connectivity index (χ3v) is 7.69. The zero-order valence-electron chi connectivity index (χ0n) is 22.2. The molecule has 0 aromatic heterocycles. The number of carbonyl (C=O) groups excluding carboxylic acids is 2. The lowest BCUT2D eigenvalue weighted by Crippen LogP contribution is -2.61. The van der Waals surface area contributed by atoms with Crippen LogP contribution in [0.3, 0.4) is 0 Å². The van der Waals surface area contributed by atoms with E-state index in [1.54, 1.807) is 6.07 Å². The maximum absolute atomic E-state index is 13.3. The van der Waals surface area contributed by atoms with Crippen molar-refractivity contribution in [3.63, 3.8) is 0 Å². The Morgan fingerprint density at radius 3 is 2.57 bits per heavy atom. The van der Waals surface area contributed by atoms with Gasteiger partial charge in [-0.25, -0.2) is 4.99 Å². The highest BCUT2D eigenvalue weighted by molar-refractivity contribution is 6.00. The van der Waals surface area contributed by atoms with Gasteiger partial charge in [0.05, 0.1) is 12.5 Å². The van der Waals surface area contributed by atoms with Gasteiger partial charge in [0, 0.05) is 35.1 Å². The van der Waals surface area contributed by atoms with Crippen molar-refractivity contribution in [1.82, 2.24) is 16.0 Å². The topological polar surface area (TPSA) is 101 Å². The predicted molar refractivity (Wildman–Crippen MR) is 142 cm³/mol. The molecule has 37 heavy (non-hydrogen) atoms. The van der Waals surface area contributed by atoms with Crippen LogP contribution in [-0.4, -0.2) is 34.6 Å². The Hall–Kier alpha value is -3.55. The first-order valence-corrected chi connectivity index (χ1v) is 13.1. The van der Waals surface area contributed by atoms with Crippen LogP contribution in [-0.2, 0) is 11.2 Å². The Labute approximate surface area is 218 Å². The van der Waals surface area contributed by atoms with Crippen LogP contribution < -0.4 is 25.4 Å². The summed E-state index contributed by atoms with van der Waals surface area (Å²) in [5, 5.41) is 9.49. The highest BCUT2D eigenvalue weighted by atomic mass is 16.5. The van der Waals surface area contributed by atoms with Gasteiger partial charge in [-0.15, -0.1) is 0 Å². The Morgan fingerprint density at radius 1 is 1.05 bits per heavy atom. The van der Waals surface area contributed by atoms with Gasteiger partial charge in [-0.1, -0.05) is 32.0 Å². The minimum atomic E-state index is -0.888. The number of amides is 2.